The molecular weight excluding hydrogens is 200 g/mol. The molecule has 1 saturated heterocycles. The van der Waals surface area contributed by atoms with Gasteiger partial charge in [-0.05, 0) is 45.1 Å². The van der Waals surface area contributed by atoms with Crippen LogP contribution in [0.2, 0.25) is 0 Å². The second-order valence-corrected chi connectivity index (χ2v) is 5.40. The van der Waals surface area contributed by atoms with Gasteiger partial charge in [-0.2, -0.15) is 0 Å². The number of nitrogens with one attached hydrogen (secondary N) is 2. The van der Waals surface area contributed by atoms with Gasteiger partial charge in [0.15, 0.2) is 0 Å². The molecule has 0 aromatic carbocycles. The third-order valence-electron chi connectivity index (χ3n) is 3.25. The van der Waals surface area contributed by atoms with Crippen LogP contribution in [-0.4, -0.2) is 25.0 Å². The van der Waals surface area contributed by atoms with E-state index in [0.29, 0.717) is 6.04 Å². The van der Waals surface area contributed by atoms with Gasteiger partial charge >= 0.3 is 0 Å². The van der Waals surface area contributed by atoms with Crippen LogP contribution in [0.5, 0.6) is 0 Å². The zero-order valence-electron chi connectivity index (χ0n) is 10.9. The number of carbonyl (C=O) groups excluding carboxylic acids is 1. The van der Waals surface area contributed by atoms with Crippen molar-refractivity contribution >= 4 is 5.91 Å². The maximum atomic E-state index is 11.8. The SMILES string of the molecule is CC(C)CCCNC(=O)C1CCNC(C)C1. The van der Waals surface area contributed by atoms with Crippen LogP contribution in [0.25, 0.3) is 0 Å². The summed E-state index contributed by atoms with van der Waals surface area (Å²) in [4.78, 5) is 11.8. The molecule has 3 heteroatoms. The smallest absolute Gasteiger partial charge is 0.223 e. The molecule has 1 aliphatic rings. The van der Waals surface area contributed by atoms with Crippen molar-refractivity contribution in [2.75, 3.05) is 13.1 Å². The monoisotopic (exact) mass is 226 g/mol. The molecule has 1 heterocycles. The summed E-state index contributed by atoms with van der Waals surface area (Å²) in [5.74, 6) is 1.23. The van der Waals surface area contributed by atoms with Gasteiger partial charge in [0.2, 0.25) is 5.91 Å². The molecule has 1 rings (SSSR count). The van der Waals surface area contributed by atoms with E-state index in [4.69, 9.17) is 0 Å². The lowest BCUT2D eigenvalue weighted by molar-refractivity contribution is -0.126. The van der Waals surface area contributed by atoms with E-state index in [1.807, 2.05) is 0 Å². The molecule has 16 heavy (non-hydrogen) atoms. The van der Waals surface area contributed by atoms with E-state index in [1.165, 1.54) is 6.42 Å². The predicted molar refractivity (Wildman–Crippen MR) is 67.3 cm³/mol. The number of piperidine rings is 1. The van der Waals surface area contributed by atoms with Crippen LogP contribution in [0.15, 0.2) is 0 Å². The fourth-order valence-corrected chi connectivity index (χ4v) is 2.24. The Morgan fingerprint density at radius 1 is 1.50 bits per heavy atom. The average molecular weight is 226 g/mol. The summed E-state index contributed by atoms with van der Waals surface area (Å²) in [6.45, 7) is 8.41. The highest BCUT2D eigenvalue weighted by molar-refractivity contribution is 5.78. The Kier molecular flexibility index (Phi) is 5.81. The molecule has 1 fully saturated rings. The summed E-state index contributed by atoms with van der Waals surface area (Å²) < 4.78 is 0. The van der Waals surface area contributed by atoms with Crippen molar-refractivity contribution in [2.45, 2.75) is 52.5 Å². The van der Waals surface area contributed by atoms with Gasteiger partial charge in [-0.3, -0.25) is 4.79 Å². The number of hydrogen-bond acceptors (Lipinski definition) is 2. The van der Waals surface area contributed by atoms with Crippen LogP contribution < -0.4 is 10.6 Å². The maximum Gasteiger partial charge on any atom is 0.223 e. The van der Waals surface area contributed by atoms with E-state index in [1.54, 1.807) is 0 Å². The summed E-state index contributed by atoms with van der Waals surface area (Å²) in [6, 6.07) is 0.486. The molecule has 0 aromatic rings. The van der Waals surface area contributed by atoms with Crippen LogP contribution >= 0.6 is 0 Å². The normalized spacial score (nSPS) is 25.8. The molecule has 0 aliphatic carbocycles. The molecule has 3 nitrogen and oxygen atoms in total. The first kappa shape index (κ1) is 13.5. The third-order valence-corrected chi connectivity index (χ3v) is 3.25. The summed E-state index contributed by atoms with van der Waals surface area (Å²) >= 11 is 0. The van der Waals surface area contributed by atoms with Gasteiger partial charge < -0.3 is 10.6 Å². The maximum absolute atomic E-state index is 11.8. The molecule has 0 bridgehead atoms. The Balaban J connectivity index is 2.14. The molecule has 2 N–H and O–H groups in total. The average Bonchev–Trinajstić information content (AvgIpc) is 2.24. The largest absolute Gasteiger partial charge is 0.356 e. The first-order valence-corrected chi connectivity index (χ1v) is 6.60. The van der Waals surface area contributed by atoms with Gasteiger partial charge in [0.05, 0.1) is 0 Å². The summed E-state index contributed by atoms with van der Waals surface area (Å²) in [5, 5.41) is 6.43. The van der Waals surface area contributed by atoms with Crippen molar-refractivity contribution < 1.29 is 4.79 Å². The first-order valence-electron chi connectivity index (χ1n) is 6.60. The van der Waals surface area contributed by atoms with Crippen LogP contribution in [0.1, 0.15) is 46.5 Å². The summed E-state index contributed by atoms with van der Waals surface area (Å²) in [7, 11) is 0. The Bertz CT molecular complexity index is 216. The van der Waals surface area contributed by atoms with Gasteiger partial charge in [-0.15, -0.1) is 0 Å². The lowest BCUT2D eigenvalue weighted by Gasteiger charge is -2.27. The zero-order valence-corrected chi connectivity index (χ0v) is 10.9. The molecule has 0 radical (unpaired) electrons. The molecule has 0 aromatic heterocycles. The Hall–Kier alpha value is -0.570. The van der Waals surface area contributed by atoms with Crippen LogP contribution in [0.4, 0.5) is 0 Å². The van der Waals surface area contributed by atoms with E-state index >= 15 is 0 Å². The van der Waals surface area contributed by atoms with Crippen molar-refractivity contribution in [1.29, 1.82) is 0 Å². The van der Waals surface area contributed by atoms with Gasteiger partial charge in [-0.1, -0.05) is 13.8 Å². The quantitative estimate of drug-likeness (QED) is 0.703. The molecule has 1 aliphatic heterocycles. The highest BCUT2D eigenvalue weighted by atomic mass is 16.1. The van der Waals surface area contributed by atoms with Crippen molar-refractivity contribution in [1.82, 2.24) is 10.6 Å². The van der Waals surface area contributed by atoms with Crippen molar-refractivity contribution in [3.8, 4) is 0 Å². The Morgan fingerprint density at radius 3 is 2.88 bits per heavy atom. The predicted octanol–water partition coefficient (Wildman–Crippen LogP) is 1.93. The highest BCUT2D eigenvalue weighted by Gasteiger charge is 2.23. The molecule has 2 atom stereocenters. The molecule has 1 amide bonds. The standard InChI is InChI=1S/C13H26N2O/c1-10(2)5-4-7-15-13(16)12-6-8-14-11(3)9-12/h10-12,14H,4-9H2,1-3H3,(H,15,16). The number of rotatable bonds is 5. The summed E-state index contributed by atoms with van der Waals surface area (Å²) in [6.07, 6.45) is 4.27. The van der Waals surface area contributed by atoms with Crippen LogP contribution in [0.3, 0.4) is 0 Å². The summed E-state index contributed by atoms with van der Waals surface area (Å²) in [5.41, 5.74) is 0. The third kappa shape index (κ3) is 4.97. The number of hydrogen-bond donors (Lipinski definition) is 2. The van der Waals surface area contributed by atoms with Gasteiger partial charge in [0.25, 0.3) is 0 Å². The second kappa shape index (κ2) is 6.89. The van der Waals surface area contributed by atoms with Crippen LogP contribution in [-0.2, 0) is 4.79 Å². The van der Waals surface area contributed by atoms with E-state index in [-0.39, 0.29) is 11.8 Å². The molecular formula is C13H26N2O. The van der Waals surface area contributed by atoms with E-state index < -0.39 is 0 Å². The molecule has 0 saturated carbocycles. The second-order valence-electron chi connectivity index (χ2n) is 5.40. The molecule has 94 valence electrons. The van der Waals surface area contributed by atoms with Crippen molar-refractivity contribution in [3.05, 3.63) is 0 Å². The fourth-order valence-electron chi connectivity index (χ4n) is 2.24. The van der Waals surface area contributed by atoms with Crippen molar-refractivity contribution in [3.63, 3.8) is 0 Å². The van der Waals surface area contributed by atoms with Gasteiger partial charge in [0, 0.05) is 18.5 Å². The minimum Gasteiger partial charge on any atom is -0.356 e. The lowest BCUT2D eigenvalue weighted by Crippen LogP contribution is -2.42. The van der Waals surface area contributed by atoms with E-state index in [0.717, 1.165) is 38.3 Å². The fraction of sp³-hybridized carbons (Fsp3) is 0.923. The van der Waals surface area contributed by atoms with Crippen molar-refractivity contribution in [2.24, 2.45) is 11.8 Å². The lowest BCUT2D eigenvalue weighted by atomic mass is 9.92. The Labute approximate surface area is 99.4 Å². The Morgan fingerprint density at radius 2 is 2.25 bits per heavy atom. The van der Waals surface area contributed by atoms with E-state index in [2.05, 4.69) is 31.4 Å². The van der Waals surface area contributed by atoms with Gasteiger partial charge in [-0.25, -0.2) is 0 Å². The topological polar surface area (TPSA) is 41.1 Å². The molecule has 0 spiro atoms. The van der Waals surface area contributed by atoms with Crippen LogP contribution in [0, 0.1) is 11.8 Å². The number of amides is 1. The highest BCUT2D eigenvalue weighted by Crippen LogP contribution is 2.15. The number of carbonyl (C=O) groups is 1. The molecule has 2 unspecified atom stereocenters. The minimum absolute atomic E-state index is 0.232. The minimum atomic E-state index is 0.232. The zero-order chi connectivity index (χ0) is 12.0. The van der Waals surface area contributed by atoms with Gasteiger partial charge in [0.1, 0.15) is 0 Å². The van der Waals surface area contributed by atoms with E-state index in [9.17, 15) is 4.79 Å². The first-order chi connectivity index (χ1) is 7.59.